The molecule has 8 heteroatoms. The normalized spacial score (nSPS) is 10.4. The van der Waals surface area contributed by atoms with E-state index in [-0.39, 0.29) is 23.6 Å². The van der Waals surface area contributed by atoms with Crippen molar-refractivity contribution in [3.63, 3.8) is 0 Å². The van der Waals surface area contributed by atoms with Crippen LogP contribution < -0.4 is 9.47 Å². The molecule has 1 aromatic carbocycles. The van der Waals surface area contributed by atoms with Crippen LogP contribution in [0.2, 0.25) is 0 Å². The number of rotatable bonds is 7. The molecule has 112 valence electrons. The number of aliphatic hydroxyl groups excluding tert-OH is 1. The number of hydrogen-bond acceptors (Lipinski definition) is 6. The second-order valence-corrected chi connectivity index (χ2v) is 4.16. The fraction of sp³-hybridized carbons (Fsp3) is 0.308. The van der Waals surface area contributed by atoms with Gasteiger partial charge in [0.1, 0.15) is 6.61 Å². The van der Waals surface area contributed by atoms with Gasteiger partial charge >= 0.3 is 0 Å². The molecule has 8 nitrogen and oxygen atoms in total. The summed E-state index contributed by atoms with van der Waals surface area (Å²) < 4.78 is 12.3. The van der Waals surface area contributed by atoms with E-state index in [4.69, 9.17) is 14.6 Å². The largest absolute Gasteiger partial charge is 0.493 e. The molecule has 1 N–H and O–H groups in total. The number of nitrogens with zero attached hydrogens (tertiary/aromatic N) is 3. The number of aromatic nitrogens is 2. The average molecular weight is 293 g/mol. The first-order valence-electron chi connectivity index (χ1n) is 6.22. The molecule has 0 spiro atoms. The van der Waals surface area contributed by atoms with Crippen molar-refractivity contribution in [1.82, 2.24) is 9.78 Å². The van der Waals surface area contributed by atoms with E-state index in [9.17, 15) is 10.1 Å². The van der Waals surface area contributed by atoms with E-state index in [1.165, 1.54) is 19.2 Å². The summed E-state index contributed by atoms with van der Waals surface area (Å²) in [5, 5.41) is 24.2. The van der Waals surface area contributed by atoms with Crippen molar-refractivity contribution in [3.05, 3.63) is 46.3 Å². The van der Waals surface area contributed by atoms with Crippen molar-refractivity contribution < 1.29 is 19.5 Å². The minimum absolute atomic E-state index is 0.177. The Morgan fingerprint density at radius 3 is 2.81 bits per heavy atom. The second kappa shape index (κ2) is 6.71. The van der Waals surface area contributed by atoms with Crippen LogP contribution in [0.15, 0.2) is 30.6 Å². The van der Waals surface area contributed by atoms with E-state index in [2.05, 4.69) is 5.10 Å². The quantitative estimate of drug-likeness (QED) is 0.611. The zero-order valence-corrected chi connectivity index (χ0v) is 11.4. The van der Waals surface area contributed by atoms with Crippen LogP contribution in [0.25, 0.3) is 0 Å². The van der Waals surface area contributed by atoms with Crippen molar-refractivity contribution in [2.24, 2.45) is 0 Å². The molecule has 2 aromatic rings. The third kappa shape index (κ3) is 3.48. The molecule has 0 aliphatic rings. The Kier molecular flexibility index (Phi) is 4.72. The zero-order chi connectivity index (χ0) is 15.2. The summed E-state index contributed by atoms with van der Waals surface area (Å²) in [5.74, 6) is 0.596. The average Bonchev–Trinajstić information content (AvgIpc) is 2.99. The monoisotopic (exact) mass is 293 g/mol. The van der Waals surface area contributed by atoms with Gasteiger partial charge < -0.3 is 14.6 Å². The van der Waals surface area contributed by atoms with Crippen LogP contribution in [0.4, 0.5) is 5.69 Å². The lowest BCUT2D eigenvalue weighted by Gasteiger charge is -2.12. The molecule has 0 atom stereocenters. The van der Waals surface area contributed by atoms with E-state index < -0.39 is 11.5 Å². The lowest BCUT2D eigenvalue weighted by Crippen LogP contribution is -2.09. The molecule has 0 radical (unpaired) electrons. The van der Waals surface area contributed by atoms with Crippen LogP contribution in [0, 0.1) is 10.1 Å². The molecule has 0 saturated carbocycles. The number of aliphatic hydroxyl groups is 1. The SMILES string of the molecule is COc1cc(CO)c([N+](=O)[O-])cc1OCCn1cccn1. The van der Waals surface area contributed by atoms with Gasteiger partial charge in [-0.1, -0.05) is 0 Å². The maximum absolute atomic E-state index is 11.0. The predicted octanol–water partition coefficient (Wildman–Crippen LogP) is 1.37. The van der Waals surface area contributed by atoms with Gasteiger partial charge in [-0.05, 0) is 12.1 Å². The van der Waals surface area contributed by atoms with Crippen LogP contribution >= 0.6 is 0 Å². The van der Waals surface area contributed by atoms with E-state index in [0.29, 0.717) is 12.3 Å². The van der Waals surface area contributed by atoms with Gasteiger partial charge in [0, 0.05) is 12.4 Å². The second-order valence-electron chi connectivity index (χ2n) is 4.16. The Labute approximate surface area is 120 Å². The number of benzene rings is 1. The Morgan fingerprint density at radius 2 is 2.24 bits per heavy atom. The van der Waals surface area contributed by atoms with E-state index in [1.54, 1.807) is 23.1 Å². The molecule has 0 aliphatic carbocycles. The van der Waals surface area contributed by atoms with Crippen molar-refractivity contribution >= 4 is 5.69 Å². The number of nitro groups is 1. The topological polar surface area (TPSA) is 99.6 Å². The standard InChI is InChI=1S/C13H15N3O5/c1-20-12-7-10(9-17)11(16(18)19)8-13(12)21-6-5-15-4-2-3-14-15/h2-4,7-8,17H,5-6,9H2,1H3. The van der Waals surface area contributed by atoms with Crippen LogP contribution in [-0.4, -0.2) is 33.5 Å². The van der Waals surface area contributed by atoms with Gasteiger partial charge in [0.2, 0.25) is 0 Å². The minimum Gasteiger partial charge on any atom is -0.493 e. The Balaban J connectivity index is 2.16. The lowest BCUT2D eigenvalue weighted by molar-refractivity contribution is -0.385. The third-order valence-electron chi connectivity index (χ3n) is 2.87. The van der Waals surface area contributed by atoms with Gasteiger partial charge in [-0.3, -0.25) is 14.8 Å². The van der Waals surface area contributed by atoms with Crippen LogP contribution in [0.1, 0.15) is 5.56 Å². The highest BCUT2D eigenvalue weighted by Gasteiger charge is 2.19. The van der Waals surface area contributed by atoms with Crippen molar-refractivity contribution in [1.29, 1.82) is 0 Å². The van der Waals surface area contributed by atoms with Gasteiger partial charge in [0.05, 0.1) is 36.8 Å². The first-order chi connectivity index (χ1) is 10.2. The van der Waals surface area contributed by atoms with E-state index >= 15 is 0 Å². The Morgan fingerprint density at radius 1 is 1.43 bits per heavy atom. The summed E-state index contributed by atoms with van der Waals surface area (Å²) >= 11 is 0. The molecule has 0 aliphatic heterocycles. The molecule has 0 unspecified atom stereocenters. The smallest absolute Gasteiger partial charge is 0.278 e. The Bertz CT molecular complexity index is 613. The summed E-state index contributed by atoms with van der Waals surface area (Å²) in [6.07, 6.45) is 3.44. The summed E-state index contributed by atoms with van der Waals surface area (Å²) in [4.78, 5) is 10.4. The van der Waals surface area contributed by atoms with Crippen LogP contribution in [-0.2, 0) is 13.2 Å². The van der Waals surface area contributed by atoms with Crippen LogP contribution in [0.3, 0.4) is 0 Å². The first kappa shape index (κ1) is 14.8. The highest BCUT2D eigenvalue weighted by Crippen LogP contribution is 2.34. The molecule has 2 rings (SSSR count). The number of ether oxygens (including phenoxy) is 2. The molecule has 0 bridgehead atoms. The summed E-state index contributed by atoms with van der Waals surface area (Å²) in [7, 11) is 1.43. The maximum atomic E-state index is 11.0. The molecule has 0 amide bonds. The summed E-state index contributed by atoms with van der Waals surface area (Å²) in [6.45, 7) is 0.347. The number of methoxy groups -OCH3 is 1. The van der Waals surface area contributed by atoms with Crippen molar-refractivity contribution in [2.45, 2.75) is 13.2 Å². The van der Waals surface area contributed by atoms with Gasteiger partial charge in [-0.25, -0.2) is 0 Å². The summed E-state index contributed by atoms with van der Waals surface area (Å²) in [5.41, 5.74) is -0.0244. The van der Waals surface area contributed by atoms with E-state index in [0.717, 1.165) is 0 Å². The molecular formula is C13H15N3O5. The van der Waals surface area contributed by atoms with Crippen molar-refractivity contribution in [2.75, 3.05) is 13.7 Å². The highest BCUT2D eigenvalue weighted by atomic mass is 16.6. The molecule has 0 fully saturated rings. The molecule has 21 heavy (non-hydrogen) atoms. The fourth-order valence-corrected chi connectivity index (χ4v) is 1.84. The van der Waals surface area contributed by atoms with Crippen molar-refractivity contribution in [3.8, 4) is 11.5 Å². The highest BCUT2D eigenvalue weighted by molar-refractivity contribution is 5.54. The first-order valence-corrected chi connectivity index (χ1v) is 6.22. The van der Waals surface area contributed by atoms with Gasteiger partial charge in [0.15, 0.2) is 11.5 Å². The molecule has 1 aromatic heterocycles. The molecule has 0 saturated heterocycles. The van der Waals surface area contributed by atoms with Crippen LogP contribution in [0.5, 0.6) is 11.5 Å². The molecular weight excluding hydrogens is 278 g/mol. The Hall–Kier alpha value is -2.61. The van der Waals surface area contributed by atoms with E-state index in [1.807, 2.05) is 0 Å². The minimum atomic E-state index is -0.564. The number of nitro benzene ring substituents is 1. The van der Waals surface area contributed by atoms with Gasteiger partial charge in [0.25, 0.3) is 5.69 Å². The fourth-order valence-electron chi connectivity index (χ4n) is 1.84. The predicted molar refractivity (Wildman–Crippen MR) is 73.3 cm³/mol. The zero-order valence-electron chi connectivity index (χ0n) is 11.4. The maximum Gasteiger partial charge on any atom is 0.278 e. The summed E-state index contributed by atoms with van der Waals surface area (Å²) in [6, 6.07) is 4.45. The lowest BCUT2D eigenvalue weighted by atomic mass is 10.1. The van der Waals surface area contributed by atoms with Gasteiger partial charge in [-0.2, -0.15) is 5.10 Å². The third-order valence-corrected chi connectivity index (χ3v) is 2.87. The number of hydrogen-bond donors (Lipinski definition) is 1. The molecule has 1 heterocycles. The van der Waals surface area contributed by atoms with Gasteiger partial charge in [-0.15, -0.1) is 0 Å².